The van der Waals surface area contributed by atoms with Crippen molar-refractivity contribution in [1.29, 1.82) is 0 Å². The van der Waals surface area contributed by atoms with Gasteiger partial charge in [0.1, 0.15) is 6.33 Å². The van der Waals surface area contributed by atoms with Gasteiger partial charge in [-0.3, -0.25) is 9.78 Å². The normalized spacial score (nSPS) is 10.7. The SMILES string of the molecule is O=C(NCCc1csc2ncnn12)c1cccnc1. The molecule has 0 radical (unpaired) electrons. The summed E-state index contributed by atoms with van der Waals surface area (Å²) in [6.45, 7) is 0.555. The van der Waals surface area contributed by atoms with Crippen LogP contribution in [0.5, 0.6) is 0 Å². The smallest absolute Gasteiger partial charge is 0.252 e. The van der Waals surface area contributed by atoms with Crippen LogP contribution < -0.4 is 5.32 Å². The Morgan fingerprint density at radius 1 is 1.47 bits per heavy atom. The molecule has 3 aromatic rings. The molecule has 0 aromatic carbocycles. The molecule has 3 rings (SSSR count). The van der Waals surface area contributed by atoms with Crippen molar-refractivity contribution >= 4 is 22.2 Å². The molecule has 96 valence electrons. The second-order valence-electron chi connectivity index (χ2n) is 3.93. The summed E-state index contributed by atoms with van der Waals surface area (Å²) >= 11 is 1.54. The number of hydrogen-bond acceptors (Lipinski definition) is 5. The molecule has 19 heavy (non-hydrogen) atoms. The van der Waals surface area contributed by atoms with Crippen molar-refractivity contribution in [2.45, 2.75) is 6.42 Å². The Bertz CT molecular complexity index is 690. The molecule has 1 amide bonds. The number of thiazole rings is 1. The van der Waals surface area contributed by atoms with Crippen molar-refractivity contribution in [1.82, 2.24) is 24.9 Å². The van der Waals surface area contributed by atoms with E-state index in [-0.39, 0.29) is 5.91 Å². The Labute approximate surface area is 113 Å². The molecule has 0 unspecified atom stereocenters. The lowest BCUT2D eigenvalue weighted by Crippen LogP contribution is -2.26. The fourth-order valence-corrected chi connectivity index (χ4v) is 2.58. The molecule has 0 aliphatic rings. The van der Waals surface area contributed by atoms with Crippen LogP contribution in [0, 0.1) is 0 Å². The number of carbonyl (C=O) groups excluding carboxylic acids is 1. The van der Waals surface area contributed by atoms with Gasteiger partial charge < -0.3 is 5.32 Å². The van der Waals surface area contributed by atoms with Gasteiger partial charge in [-0.15, -0.1) is 11.3 Å². The number of rotatable bonds is 4. The highest BCUT2D eigenvalue weighted by atomic mass is 32.1. The van der Waals surface area contributed by atoms with Gasteiger partial charge in [0.05, 0.1) is 11.3 Å². The summed E-state index contributed by atoms with van der Waals surface area (Å²) in [5.41, 5.74) is 1.61. The van der Waals surface area contributed by atoms with Gasteiger partial charge in [-0.2, -0.15) is 5.10 Å². The fourth-order valence-electron chi connectivity index (χ4n) is 1.75. The van der Waals surface area contributed by atoms with Crippen molar-refractivity contribution in [3.63, 3.8) is 0 Å². The fraction of sp³-hybridized carbons (Fsp3) is 0.167. The molecule has 0 aliphatic carbocycles. The highest BCUT2D eigenvalue weighted by Crippen LogP contribution is 2.12. The molecule has 0 fully saturated rings. The molecule has 3 aromatic heterocycles. The predicted octanol–water partition coefficient (Wildman–Crippen LogP) is 1.16. The molecule has 0 spiro atoms. The summed E-state index contributed by atoms with van der Waals surface area (Å²) in [7, 11) is 0. The number of nitrogens with zero attached hydrogens (tertiary/aromatic N) is 4. The van der Waals surface area contributed by atoms with Crippen LogP contribution in [0.15, 0.2) is 36.2 Å². The molecular formula is C12H11N5OS. The maximum Gasteiger partial charge on any atom is 0.252 e. The van der Waals surface area contributed by atoms with E-state index in [4.69, 9.17) is 0 Å². The van der Waals surface area contributed by atoms with Crippen molar-refractivity contribution in [2.24, 2.45) is 0 Å². The van der Waals surface area contributed by atoms with Crippen LogP contribution in [0.2, 0.25) is 0 Å². The van der Waals surface area contributed by atoms with Gasteiger partial charge in [0.15, 0.2) is 0 Å². The first-order valence-corrected chi connectivity index (χ1v) is 6.67. The zero-order valence-electron chi connectivity index (χ0n) is 9.98. The van der Waals surface area contributed by atoms with E-state index in [1.807, 2.05) is 5.38 Å². The number of aromatic nitrogens is 4. The molecule has 0 bridgehead atoms. The second-order valence-corrected chi connectivity index (χ2v) is 4.77. The minimum absolute atomic E-state index is 0.113. The Morgan fingerprint density at radius 2 is 2.42 bits per heavy atom. The van der Waals surface area contributed by atoms with E-state index in [0.717, 1.165) is 17.1 Å². The Morgan fingerprint density at radius 3 is 3.26 bits per heavy atom. The van der Waals surface area contributed by atoms with Gasteiger partial charge in [-0.25, -0.2) is 9.50 Å². The molecule has 0 saturated carbocycles. The molecule has 6 nitrogen and oxygen atoms in total. The van der Waals surface area contributed by atoms with E-state index in [2.05, 4.69) is 20.4 Å². The summed E-state index contributed by atoms with van der Waals surface area (Å²) < 4.78 is 1.79. The number of pyridine rings is 1. The average molecular weight is 273 g/mol. The largest absolute Gasteiger partial charge is 0.352 e. The highest BCUT2D eigenvalue weighted by Gasteiger charge is 2.07. The summed E-state index contributed by atoms with van der Waals surface area (Å²) in [5.74, 6) is -0.113. The van der Waals surface area contributed by atoms with Gasteiger partial charge in [-0.05, 0) is 12.1 Å². The average Bonchev–Trinajstić information content (AvgIpc) is 3.04. The van der Waals surface area contributed by atoms with Crippen molar-refractivity contribution in [3.8, 4) is 0 Å². The lowest BCUT2D eigenvalue weighted by Gasteiger charge is -2.03. The van der Waals surface area contributed by atoms with E-state index in [9.17, 15) is 4.79 Å². The summed E-state index contributed by atoms with van der Waals surface area (Å²) in [6.07, 6.45) is 5.44. The Kier molecular flexibility index (Phi) is 3.20. The zero-order valence-corrected chi connectivity index (χ0v) is 10.8. The van der Waals surface area contributed by atoms with Crippen LogP contribution >= 0.6 is 11.3 Å². The molecule has 0 saturated heterocycles. The number of hydrogen-bond donors (Lipinski definition) is 1. The minimum Gasteiger partial charge on any atom is -0.352 e. The standard InChI is InChI=1S/C12H11N5OS/c18-11(9-2-1-4-13-6-9)14-5-3-10-7-19-12-15-8-16-17(10)12/h1-2,4,6-8H,3,5H2,(H,14,18). The Hall–Kier alpha value is -2.28. The topological polar surface area (TPSA) is 72.2 Å². The predicted molar refractivity (Wildman–Crippen MR) is 71.1 cm³/mol. The van der Waals surface area contributed by atoms with E-state index in [1.54, 1.807) is 40.4 Å². The monoisotopic (exact) mass is 273 g/mol. The Balaban J connectivity index is 1.59. The zero-order chi connectivity index (χ0) is 13.1. The van der Waals surface area contributed by atoms with Crippen LogP contribution in [0.4, 0.5) is 0 Å². The van der Waals surface area contributed by atoms with Crippen molar-refractivity contribution < 1.29 is 4.79 Å². The van der Waals surface area contributed by atoms with Crippen LogP contribution in [-0.2, 0) is 6.42 Å². The third-order valence-corrected chi connectivity index (χ3v) is 3.56. The van der Waals surface area contributed by atoms with Crippen molar-refractivity contribution in [3.05, 3.63) is 47.5 Å². The molecule has 1 N–H and O–H groups in total. The molecule has 3 heterocycles. The second kappa shape index (κ2) is 5.15. The lowest BCUT2D eigenvalue weighted by atomic mass is 10.2. The third-order valence-electron chi connectivity index (χ3n) is 2.68. The number of nitrogens with one attached hydrogen (secondary N) is 1. The number of carbonyl (C=O) groups is 1. The van der Waals surface area contributed by atoms with Crippen LogP contribution in [-0.4, -0.2) is 32.0 Å². The van der Waals surface area contributed by atoms with Gasteiger partial charge in [0, 0.05) is 30.7 Å². The highest BCUT2D eigenvalue weighted by molar-refractivity contribution is 7.15. The van der Waals surface area contributed by atoms with E-state index in [0.29, 0.717) is 12.1 Å². The van der Waals surface area contributed by atoms with E-state index >= 15 is 0 Å². The first kappa shape index (κ1) is 11.8. The van der Waals surface area contributed by atoms with Crippen LogP contribution in [0.3, 0.4) is 0 Å². The number of fused-ring (bicyclic) bond motifs is 1. The maximum atomic E-state index is 11.8. The summed E-state index contributed by atoms with van der Waals surface area (Å²) in [4.78, 5) is 20.7. The van der Waals surface area contributed by atoms with Crippen molar-refractivity contribution in [2.75, 3.05) is 6.54 Å². The lowest BCUT2D eigenvalue weighted by molar-refractivity contribution is 0.0953. The van der Waals surface area contributed by atoms with Gasteiger partial charge >= 0.3 is 0 Å². The molecule has 0 atom stereocenters. The molecule has 7 heteroatoms. The van der Waals surface area contributed by atoms with E-state index in [1.165, 1.54) is 6.33 Å². The summed E-state index contributed by atoms with van der Waals surface area (Å²) in [6, 6.07) is 3.48. The molecular weight excluding hydrogens is 262 g/mol. The maximum absolute atomic E-state index is 11.8. The molecule has 0 aliphatic heterocycles. The van der Waals surface area contributed by atoms with Gasteiger partial charge in [-0.1, -0.05) is 0 Å². The first-order valence-electron chi connectivity index (χ1n) is 5.79. The van der Waals surface area contributed by atoms with Crippen LogP contribution in [0.1, 0.15) is 16.1 Å². The van der Waals surface area contributed by atoms with Gasteiger partial charge in [0.2, 0.25) is 4.96 Å². The van der Waals surface area contributed by atoms with Crippen LogP contribution in [0.25, 0.3) is 4.96 Å². The quantitative estimate of drug-likeness (QED) is 0.774. The van der Waals surface area contributed by atoms with E-state index < -0.39 is 0 Å². The minimum atomic E-state index is -0.113. The van der Waals surface area contributed by atoms with Gasteiger partial charge in [0.25, 0.3) is 5.91 Å². The number of amides is 1. The first-order chi connectivity index (χ1) is 9.34. The summed E-state index contributed by atoms with van der Waals surface area (Å²) in [5, 5.41) is 8.99. The third kappa shape index (κ3) is 2.45.